The van der Waals surface area contributed by atoms with Crippen LogP contribution in [0.2, 0.25) is 0 Å². The Labute approximate surface area is 137 Å². The Morgan fingerprint density at radius 1 is 1.17 bits per heavy atom. The lowest BCUT2D eigenvalue weighted by Crippen LogP contribution is -2.55. The average Bonchev–Trinajstić information content (AvgIpc) is 2.81. The lowest BCUT2D eigenvalue weighted by molar-refractivity contribution is -0.138. The zero-order valence-corrected chi connectivity index (χ0v) is 14.6. The van der Waals surface area contributed by atoms with Crippen molar-refractivity contribution in [1.29, 1.82) is 0 Å². The van der Waals surface area contributed by atoms with E-state index >= 15 is 0 Å². The quantitative estimate of drug-likeness (QED) is 0.661. The van der Waals surface area contributed by atoms with Crippen LogP contribution < -0.4 is 11.1 Å². The molecule has 2 fully saturated rings. The van der Waals surface area contributed by atoms with E-state index in [0.29, 0.717) is 12.8 Å². The molecule has 9 heteroatoms. The summed E-state index contributed by atoms with van der Waals surface area (Å²) in [6, 6.07) is 0. The monoisotopic (exact) mass is 346 g/mol. The van der Waals surface area contributed by atoms with Crippen LogP contribution >= 0.6 is 0 Å². The van der Waals surface area contributed by atoms with Gasteiger partial charge in [-0.05, 0) is 12.8 Å². The number of nitrogens with two attached hydrogens (primary N) is 1. The summed E-state index contributed by atoms with van der Waals surface area (Å²) < 4.78 is 25.0. The van der Waals surface area contributed by atoms with Gasteiger partial charge in [0.25, 0.3) is 0 Å². The topological polar surface area (TPSA) is 113 Å². The lowest BCUT2D eigenvalue weighted by atomic mass is 9.96. The van der Waals surface area contributed by atoms with Crippen LogP contribution in [-0.4, -0.2) is 74.5 Å². The number of carbonyl (C=O) groups is 2. The van der Waals surface area contributed by atoms with Gasteiger partial charge in [0.15, 0.2) is 0 Å². The predicted octanol–water partition coefficient (Wildman–Crippen LogP) is -1.28. The minimum atomic E-state index is -3.42. The van der Waals surface area contributed by atoms with Gasteiger partial charge in [-0.25, -0.2) is 8.42 Å². The molecule has 0 aromatic rings. The fourth-order valence-corrected chi connectivity index (χ4v) is 4.24. The highest BCUT2D eigenvalue weighted by Crippen LogP contribution is 2.29. The molecule has 0 radical (unpaired) electrons. The first-order chi connectivity index (χ1) is 10.7. The van der Waals surface area contributed by atoms with Crippen LogP contribution in [-0.2, 0) is 19.6 Å². The maximum absolute atomic E-state index is 12.8. The molecule has 0 aromatic carbocycles. The smallest absolute Gasteiger partial charge is 0.242 e. The predicted molar refractivity (Wildman–Crippen MR) is 85.9 cm³/mol. The third-order valence-corrected chi connectivity index (χ3v) is 6.05. The molecule has 1 aliphatic heterocycles. The van der Waals surface area contributed by atoms with Gasteiger partial charge < -0.3 is 16.0 Å². The van der Waals surface area contributed by atoms with Gasteiger partial charge in [0, 0.05) is 33.2 Å². The molecule has 1 heterocycles. The lowest BCUT2D eigenvalue weighted by Gasteiger charge is -2.31. The Bertz CT molecular complexity index is 571. The summed E-state index contributed by atoms with van der Waals surface area (Å²) in [6.07, 6.45) is 4.24. The van der Waals surface area contributed by atoms with Gasteiger partial charge >= 0.3 is 0 Å². The molecule has 2 rings (SSSR count). The molecule has 23 heavy (non-hydrogen) atoms. The summed E-state index contributed by atoms with van der Waals surface area (Å²) in [7, 11) is -1.92. The van der Waals surface area contributed by atoms with Crippen molar-refractivity contribution < 1.29 is 18.0 Å². The molecule has 3 N–H and O–H groups in total. The summed E-state index contributed by atoms with van der Waals surface area (Å²) >= 11 is 0. The zero-order valence-electron chi connectivity index (χ0n) is 13.7. The number of carbonyl (C=O) groups excluding carboxylic acids is 2. The molecule has 0 aromatic heterocycles. The van der Waals surface area contributed by atoms with Crippen LogP contribution in [0.15, 0.2) is 0 Å². The van der Waals surface area contributed by atoms with Crippen molar-refractivity contribution in [3.63, 3.8) is 0 Å². The minimum Gasteiger partial charge on any atom is -0.359 e. The number of nitrogens with zero attached hydrogens (tertiary/aromatic N) is 2. The summed E-state index contributed by atoms with van der Waals surface area (Å²) in [5.41, 5.74) is 5.37. The first-order valence-corrected chi connectivity index (χ1v) is 9.77. The number of nitrogens with one attached hydrogen (secondary N) is 1. The Hall–Kier alpha value is -1.19. The molecule has 2 amide bonds. The molecule has 1 unspecified atom stereocenters. The number of hydrogen-bond donors (Lipinski definition) is 2. The molecule has 1 saturated carbocycles. The van der Waals surface area contributed by atoms with Crippen LogP contribution in [0, 0.1) is 5.92 Å². The van der Waals surface area contributed by atoms with E-state index in [-0.39, 0.29) is 38.0 Å². The number of amides is 2. The van der Waals surface area contributed by atoms with Gasteiger partial charge in [-0.15, -0.1) is 0 Å². The van der Waals surface area contributed by atoms with Gasteiger partial charge in [-0.3, -0.25) is 9.59 Å². The van der Waals surface area contributed by atoms with E-state index in [4.69, 9.17) is 5.73 Å². The summed E-state index contributed by atoms with van der Waals surface area (Å²) in [4.78, 5) is 26.4. The van der Waals surface area contributed by atoms with Crippen LogP contribution in [0.5, 0.6) is 0 Å². The van der Waals surface area contributed by atoms with Gasteiger partial charge in [0.2, 0.25) is 21.8 Å². The Morgan fingerprint density at radius 2 is 1.78 bits per heavy atom. The van der Waals surface area contributed by atoms with E-state index in [0.717, 1.165) is 19.1 Å². The van der Waals surface area contributed by atoms with E-state index in [9.17, 15) is 18.0 Å². The summed E-state index contributed by atoms with van der Waals surface area (Å²) in [5, 5.41) is 2.54. The number of rotatable bonds is 3. The summed E-state index contributed by atoms with van der Waals surface area (Å²) in [6.45, 7) is 0.732. The first-order valence-electron chi connectivity index (χ1n) is 7.92. The van der Waals surface area contributed by atoms with Crippen LogP contribution in [0.1, 0.15) is 25.7 Å². The van der Waals surface area contributed by atoms with Gasteiger partial charge in [0.05, 0.1) is 17.7 Å². The van der Waals surface area contributed by atoms with Gasteiger partial charge in [0.1, 0.15) is 0 Å². The van der Waals surface area contributed by atoms with E-state index < -0.39 is 21.5 Å². The highest BCUT2D eigenvalue weighted by Gasteiger charge is 2.42. The largest absolute Gasteiger partial charge is 0.359 e. The van der Waals surface area contributed by atoms with Crippen LogP contribution in [0.3, 0.4) is 0 Å². The van der Waals surface area contributed by atoms with E-state index in [2.05, 4.69) is 5.32 Å². The maximum Gasteiger partial charge on any atom is 0.242 e. The molecule has 0 spiro atoms. The molecule has 1 saturated heterocycles. The molecular formula is C14H26N4O4S. The standard InChI is InChI=1S/C14H26N4O4S/c1-16-12(19)11-9-17(7-8-18(10-11)23(2,21)22)13(20)14(15)5-3-4-6-14/h11H,3-10,15H2,1-2H3,(H,16,19). The van der Waals surface area contributed by atoms with Crippen molar-refractivity contribution in [1.82, 2.24) is 14.5 Å². The fourth-order valence-electron chi connectivity index (χ4n) is 3.37. The van der Waals surface area contributed by atoms with Crippen molar-refractivity contribution in [2.75, 3.05) is 39.5 Å². The first kappa shape index (κ1) is 18.2. The zero-order chi connectivity index (χ0) is 17.3. The Kier molecular flexibility index (Phi) is 5.32. The molecule has 8 nitrogen and oxygen atoms in total. The van der Waals surface area contributed by atoms with Crippen molar-refractivity contribution in [3.05, 3.63) is 0 Å². The second kappa shape index (κ2) is 6.74. The second-order valence-corrected chi connectivity index (χ2v) is 8.53. The third-order valence-electron chi connectivity index (χ3n) is 4.78. The van der Waals surface area contributed by atoms with Crippen molar-refractivity contribution in [2.45, 2.75) is 31.2 Å². The van der Waals surface area contributed by atoms with Crippen LogP contribution in [0.4, 0.5) is 0 Å². The van der Waals surface area contributed by atoms with Crippen molar-refractivity contribution >= 4 is 21.8 Å². The number of hydrogen-bond acceptors (Lipinski definition) is 5. The molecule has 1 aliphatic carbocycles. The highest BCUT2D eigenvalue weighted by molar-refractivity contribution is 7.88. The maximum atomic E-state index is 12.8. The van der Waals surface area contributed by atoms with Crippen molar-refractivity contribution in [2.24, 2.45) is 11.7 Å². The van der Waals surface area contributed by atoms with E-state index in [1.165, 1.54) is 11.4 Å². The minimum absolute atomic E-state index is 0.0832. The fraction of sp³-hybridized carbons (Fsp3) is 0.857. The Morgan fingerprint density at radius 3 is 2.30 bits per heavy atom. The van der Waals surface area contributed by atoms with Crippen molar-refractivity contribution in [3.8, 4) is 0 Å². The molecule has 2 aliphatic rings. The molecular weight excluding hydrogens is 320 g/mol. The SMILES string of the molecule is CNC(=O)C1CN(C(=O)C2(N)CCCC2)CCN(S(C)(=O)=O)C1. The molecule has 132 valence electrons. The molecule has 0 bridgehead atoms. The molecule has 1 atom stereocenters. The average molecular weight is 346 g/mol. The summed E-state index contributed by atoms with van der Waals surface area (Å²) in [5.74, 6) is -1.03. The highest BCUT2D eigenvalue weighted by atomic mass is 32.2. The Balaban J connectivity index is 2.21. The van der Waals surface area contributed by atoms with E-state index in [1.807, 2.05) is 0 Å². The third kappa shape index (κ3) is 4.02. The number of sulfonamides is 1. The normalized spacial score (nSPS) is 25.9. The van der Waals surface area contributed by atoms with Gasteiger partial charge in [-0.1, -0.05) is 12.8 Å². The van der Waals surface area contributed by atoms with E-state index in [1.54, 1.807) is 4.90 Å². The second-order valence-electron chi connectivity index (χ2n) is 6.55. The van der Waals surface area contributed by atoms with Gasteiger partial charge in [-0.2, -0.15) is 4.31 Å². The van der Waals surface area contributed by atoms with Crippen LogP contribution in [0.25, 0.3) is 0 Å².